The number of carbonyl (C=O) groups is 1. The Kier molecular flexibility index (Phi) is 9.02. The highest BCUT2D eigenvalue weighted by Gasteiger charge is 2.23. The predicted molar refractivity (Wildman–Crippen MR) is 171 cm³/mol. The molecule has 1 amide bonds. The molecule has 0 unspecified atom stereocenters. The van der Waals surface area contributed by atoms with Gasteiger partial charge in [0, 0.05) is 64.6 Å². The maximum Gasteiger partial charge on any atom is 0.410 e. The average Bonchev–Trinajstić information content (AvgIpc) is 3.71. The van der Waals surface area contributed by atoms with E-state index in [4.69, 9.17) is 14.7 Å². The first-order chi connectivity index (χ1) is 20.6. The zero-order valence-electron chi connectivity index (χ0n) is 25.5. The van der Waals surface area contributed by atoms with E-state index in [2.05, 4.69) is 25.8 Å². The second kappa shape index (κ2) is 12.9. The third-order valence-corrected chi connectivity index (χ3v) is 7.51. The number of nitrogens with zero attached hydrogens (tertiary/aromatic N) is 5. The zero-order chi connectivity index (χ0) is 30.6. The topological polar surface area (TPSA) is 132 Å². The molecule has 3 aromatic rings. The Balaban J connectivity index is 1.16. The fourth-order valence-corrected chi connectivity index (χ4v) is 5.25. The fourth-order valence-electron chi connectivity index (χ4n) is 5.25. The molecular formula is C31H42N8O4. The molecule has 0 spiro atoms. The molecule has 230 valence electrons. The molecule has 0 saturated carbocycles. The van der Waals surface area contributed by atoms with Crippen LogP contribution in [0.15, 0.2) is 39.9 Å². The molecule has 3 heterocycles. The van der Waals surface area contributed by atoms with Crippen molar-refractivity contribution in [3.8, 4) is 0 Å². The lowest BCUT2D eigenvalue weighted by atomic mass is 10.1. The molecule has 12 nitrogen and oxygen atoms in total. The summed E-state index contributed by atoms with van der Waals surface area (Å²) < 4.78 is 5.40. The van der Waals surface area contributed by atoms with Gasteiger partial charge < -0.3 is 35.4 Å². The third-order valence-electron chi connectivity index (χ3n) is 7.51. The van der Waals surface area contributed by atoms with E-state index in [-0.39, 0.29) is 11.4 Å². The van der Waals surface area contributed by atoms with Crippen molar-refractivity contribution >= 4 is 40.7 Å². The highest BCUT2D eigenvalue weighted by Crippen LogP contribution is 2.26. The molecular weight excluding hydrogens is 548 g/mol. The van der Waals surface area contributed by atoms with E-state index >= 15 is 0 Å². The van der Waals surface area contributed by atoms with E-state index in [9.17, 15) is 14.4 Å². The molecule has 3 N–H and O–H groups in total. The summed E-state index contributed by atoms with van der Waals surface area (Å²) in [6, 6.07) is 9.34. The quantitative estimate of drug-likeness (QED) is 0.222. The molecule has 1 aromatic heterocycles. The van der Waals surface area contributed by atoms with Gasteiger partial charge in [0.15, 0.2) is 0 Å². The SMILES string of the molecule is CN(Cc1ccc(Nc2c(NCCNc3cc(N4CCCC4)nc(N4CCCC4)n3)c(=O)c2=O)cc1)C(=O)OC(C)(C)C. The first-order valence-electron chi connectivity index (χ1n) is 15.1. The second-order valence-corrected chi connectivity index (χ2v) is 12.2. The minimum Gasteiger partial charge on any atom is -0.444 e. The minimum absolute atomic E-state index is 0.248. The number of ether oxygens (including phenoxy) is 1. The number of benzene rings is 1. The summed E-state index contributed by atoms with van der Waals surface area (Å²) in [5.74, 6) is 2.46. The number of rotatable bonds is 11. The Hall–Kier alpha value is -4.35. The monoisotopic (exact) mass is 590 g/mol. The highest BCUT2D eigenvalue weighted by atomic mass is 16.6. The average molecular weight is 591 g/mol. The van der Waals surface area contributed by atoms with Crippen LogP contribution < -0.4 is 36.6 Å². The van der Waals surface area contributed by atoms with Crippen molar-refractivity contribution < 1.29 is 9.53 Å². The van der Waals surface area contributed by atoms with Crippen LogP contribution in [0.5, 0.6) is 0 Å². The van der Waals surface area contributed by atoms with Crippen molar-refractivity contribution in [3.05, 3.63) is 56.3 Å². The Morgan fingerprint density at radius 3 is 2.14 bits per heavy atom. The van der Waals surface area contributed by atoms with E-state index in [0.717, 1.165) is 62.2 Å². The Morgan fingerprint density at radius 1 is 0.884 bits per heavy atom. The van der Waals surface area contributed by atoms with Crippen molar-refractivity contribution in [2.45, 2.75) is 58.6 Å². The summed E-state index contributed by atoms with van der Waals surface area (Å²) in [6.07, 6.45) is 4.24. The van der Waals surface area contributed by atoms with E-state index in [1.165, 1.54) is 17.7 Å². The predicted octanol–water partition coefficient (Wildman–Crippen LogP) is 3.91. The summed E-state index contributed by atoms with van der Waals surface area (Å²) in [5.41, 5.74) is 0.446. The molecule has 2 aromatic carbocycles. The molecule has 2 fully saturated rings. The molecule has 12 heteroatoms. The molecule has 0 atom stereocenters. The summed E-state index contributed by atoms with van der Waals surface area (Å²) >= 11 is 0. The maximum atomic E-state index is 12.3. The van der Waals surface area contributed by atoms with Gasteiger partial charge in [-0.05, 0) is 64.2 Å². The van der Waals surface area contributed by atoms with Gasteiger partial charge in [0.25, 0.3) is 10.9 Å². The first kappa shape index (κ1) is 30.1. The second-order valence-electron chi connectivity index (χ2n) is 12.2. The van der Waals surface area contributed by atoms with Crippen LogP contribution in [0.1, 0.15) is 52.0 Å². The Bertz CT molecular complexity index is 1450. The van der Waals surface area contributed by atoms with Gasteiger partial charge in [-0.1, -0.05) is 12.1 Å². The number of carbonyl (C=O) groups excluding carboxylic acids is 1. The van der Waals surface area contributed by atoms with Gasteiger partial charge in [0.1, 0.15) is 28.6 Å². The number of nitrogens with one attached hydrogen (secondary N) is 3. The molecule has 5 rings (SSSR count). The highest BCUT2D eigenvalue weighted by molar-refractivity contribution is 5.78. The number of hydrogen-bond donors (Lipinski definition) is 3. The van der Waals surface area contributed by atoms with Crippen LogP contribution in [0.3, 0.4) is 0 Å². The zero-order valence-corrected chi connectivity index (χ0v) is 25.5. The molecule has 2 aliphatic rings. The van der Waals surface area contributed by atoms with Gasteiger partial charge in [0.2, 0.25) is 5.95 Å². The summed E-state index contributed by atoms with van der Waals surface area (Å²) in [4.78, 5) is 52.6. The summed E-state index contributed by atoms with van der Waals surface area (Å²) in [7, 11) is 1.68. The minimum atomic E-state index is -0.564. The molecule has 2 aliphatic heterocycles. The third kappa shape index (κ3) is 7.54. The van der Waals surface area contributed by atoms with Crippen molar-refractivity contribution in [2.75, 3.05) is 72.1 Å². The van der Waals surface area contributed by atoms with Gasteiger partial charge in [0.05, 0.1) is 0 Å². The molecule has 2 saturated heterocycles. The number of hydrogen-bond acceptors (Lipinski definition) is 11. The van der Waals surface area contributed by atoms with Crippen molar-refractivity contribution in [3.63, 3.8) is 0 Å². The fraction of sp³-hybridized carbons (Fsp3) is 0.516. The van der Waals surface area contributed by atoms with E-state index < -0.39 is 22.6 Å². The maximum absolute atomic E-state index is 12.3. The van der Waals surface area contributed by atoms with Crippen LogP contribution >= 0.6 is 0 Å². The Labute approximate surface area is 252 Å². The first-order valence-corrected chi connectivity index (χ1v) is 15.1. The van der Waals surface area contributed by atoms with Gasteiger partial charge in [-0.25, -0.2) is 4.79 Å². The lowest BCUT2D eigenvalue weighted by molar-refractivity contribution is 0.0285. The largest absolute Gasteiger partial charge is 0.444 e. The smallest absolute Gasteiger partial charge is 0.410 e. The molecule has 0 aliphatic carbocycles. The summed E-state index contributed by atoms with van der Waals surface area (Å²) in [6.45, 7) is 10.7. The van der Waals surface area contributed by atoms with Crippen LogP contribution in [-0.2, 0) is 11.3 Å². The van der Waals surface area contributed by atoms with Crippen LogP contribution in [-0.4, -0.2) is 72.9 Å². The molecule has 0 bridgehead atoms. The lowest BCUT2D eigenvalue weighted by Crippen LogP contribution is -2.37. The Morgan fingerprint density at radius 2 is 1.49 bits per heavy atom. The van der Waals surface area contributed by atoms with E-state index in [1.807, 2.05) is 51.1 Å². The standard InChI is InChI=1S/C31H42N8O4/c1-31(2,3)43-30(42)37(4)20-21-9-11-22(12-10-21)34-26-25(27(40)28(26)41)33-14-13-32-23-19-24(38-15-5-6-16-38)36-29(35-23)39-17-7-8-18-39/h9-12,19,33-34H,5-8,13-18,20H2,1-4H3,(H,32,35,36). The van der Waals surface area contributed by atoms with Gasteiger partial charge >= 0.3 is 6.09 Å². The number of anilines is 6. The lowest BCUT2D eigenvalue weighted by Gasteiger charge is -2.24. The van der Waals surface area contributed by atoms with Crippen LogP contribution in [0, 0.1) is 0 Å². The van der Waals surface area contributed by atoms with Gasteiger partial charge in [-0.15, -0.1) is 0 Å². The van der Waals surface area contributed by atoms with Crippen molar-refractivity contribution in [2.24, 2.45) is 0 Å². The van der Waals surface area contributed by atoms with Crippen LogP contribution in [0.25, 0.3) is 0 Å². The number of aromatic nitrogens is 2. The van der Waals surface area contributed by atoms with Crippen LogP contribution in [0.2, 0.25) is 0 Å². The van der Waals surface area contributed by atoms with E-state index in [1.54, 1.807) is 7.05 Å². The summed E-state index contributed by atoms with van der Waals surface area (Å²) in [5, 5.41) is 9.54. The number of amides is 1. The van der Waals surface area contributed by atoms with Gasteiger partial charge in [-0.2, -0.15) is 9.97 Å². The molecule has 0 radical (unpaired) electrons. The normalized spacial score (nSPS) is 15.2. The van der Waals surface area contributed by atoms with Gasteiger partial charge in [-0.3, -0.25) is 9.59 Å². The van der Waals surface area contributed by atoms with E-state index in [0.29, 0.717) is 25.3 Å². The van der Waals surface area contributed by atoms with Crippen molar-refractivity contribution in [1.29, 1.82) is 0 Å². The van der Waals surface area contributed by atoms with Crippen molar-refractivity contribution in [1.82, 2.24) is 14.9 Å². The molecule has 43 heavy (non-hydrogen) atoms. The van der Waals surface area contributed by atoms with Crippen LogP contribution in [0.4, 0.5) is 39.4 Å².